The van der Waals surface area contributed by atoms with Crippen LogP contribution in [0.5, 0.6) is 5.75 Å². The maximum atomic E-state index is 10.3. The van der Waals surface area contributed by atoms with Crippen LogP contribution in [0.15, 0.2) is 53.8 Å². The minimum atomic E-state index is -0.650. The summed E-state index contributed by atoms with van der Waals surface area (Å²) in [5, 5.41) is 13.5. The molecule has 1 aromatic carbocycles. The minimum Gasteiger partial charge on any atom is -0.491 e. The molecule has 1 atom stereocenters. The van der Waals surface area contributed by atoms with Crippen molar-refractivity contribution in [1.29, 1.82) is 0 Å². The van der Waals surface area contributed by atoms with E-state index in [1.165, 1.54) is 0 Å². The predicted molar refractivity (Wildman–Crippen MR) is 104 cm³/mol. The van der Waals surface area contributed by atoms with Crippen LogP contribution in [-0.2, 0) is 0 Å². The number of para-hydroxylation sites is 1. The Morgan fingerprint density at radius 3 is 2.69 bits per heavy atom. The van der Waals surface area contributed by atoms with E-state index in [1.807, 2.05) is 50.1 Å². The van der Waals surface area contributed by atoms with Gasteiger partial charge in [-0.25, -0.2) is 0 Å². The first-order valence-electron chi connectivity index (χ1n) is 8.87. The highest BCUT2D eigenvalue weighted by Crippen LogP contribution is 2.16. The van der Waals surface area contributed by atoms with Crippen molar-refractivity contribution in [2.75, 3.05) is 33.3 Å². The zero-order valence-electron chi connectivity index (χ0n) is 15.7. The van der Waals surface area contributed by atoms with Gasteiger partial charge in [-0.15, -0.1) is 0 Å². The number of nitrogens with zero attached hydrogens (tertiary/aromatic N) is 3. The number of aryl methyl sites for hydroxylation is 1. The van der Waals surface area contributed by atoms with Crippen LogP contribution >= 0.6 is 0 Å². The third-order valence-electron chi connectivity index (χ3n) is 3.98. The highest BCUT2D eigenvalue weighted by molar-refractivity contribution is 5.79. The van der Waals surface area contributed by atoms with Crippen molar-refractivity contribution in [3.8, 4) is 5.75 Å². The summed E-state index contributed by atoms with van der Waals surface area (Å²) in [5.41, 5.74) is 1.93. The van der Waals surface area contributed by atoms with Gasteiger partial charge in [0.05, 0.1) is 19.2 Å². The largest absolute Gasteiger partial charge is 0.491 e. The van der Waals surface area contributed by atoms with Gasteiger partial charge in [-0.3, -0.25) is 9.98 Å². The van der Waals surface area contributed by atoms with Crippen LogP contribution in [0.25, 0.3) is 0 Å². The summed E-state index contributed by atoms with van der Waals surface area (Å²) in [4.78, 5) is 10.5. The van der Waals surface area contributed by atoms with Gasteiger partial charge in [-0.2, -0.15) is 0 Å². The number of aromatic nitrogens is 1. The summed E-state index contributed by atoms with van der Waals surface area (Å²) in [6.07, 6.45) is 2.69. The van der Waals surface area contributed by atoms with E-state index in [-0.39, 0.29) is 6.54 Å². The van der Waals surface area contributed by atoms with Crippen LogP contribution < -0.4 is 10.1 Å². The molecular formula is C20H28N4O2. The SMILES string of the molecule is CCNC(=NCC(O)c1ccncc1)N(C)CCOc1ccccc1C. The molecule has 0 bridgehead atoms. The van der Waals surface area contributed by atoms with Crippen molar-refractivity contribution < 1.29 is 9.84 Å². The monoisotopic (exact) mass is 356 g/mol. The van der Waals surface area contributed by atoms with Gasteiger partial charge >= 0.3 is 0 Å². The fourth-order valence-electron chi connectivity index (χ4n) is 2.45. The van der Waals surface area contributed by atoms with E-state index >= 15 is 0 Å². The lowest BCUT2D eigenvalue weighted by atomic mass is 10.1. The number of guanidine groups is 1. The Bertz CT molecular complexity index is 691. The Labute approximate surface area is 155 Å². The number of aliphatic imine (C=N–C) groups is 1. The van der Waals surface area contributed by atoms with Gasteiger partial charge in [0.2, 0.25) is 0 Å². The summed E-state index contributed by atoms with van der Waals surface area (Å²) in [6.45, 7) is 6.34. The fourth-order valence-corrected chi connectivity index (χ4v) is 2.45. The first-order chi connectivity index (χ1) is 12.6. The smallest absolute Gasteiger partial charge is 0.193 e. The Morgan fingerprint density at radius 2 is 2.00 bits per heavy atom. The molecule has 0 amide bonds. The van der Waals surface area contributed by atoms with Crippen molar-refractivity contribution in [1.82, 2.24) is 15.2 Å². The number of likely N-dealkylation sites (N-methyl/N-ethyl adjacent to an activating group) is 1. The number of pyridine rings is 1. The van der Waals surface area contributed by atoms with E-state index < -0.39 is 6.10 Å². The maximum Gasteiger partial charge on any atom is 0.193 e. The third kappa shape index (κ3) is 6.04. The topological polar surface area (TPSA) is 70.0 Å². The van der Waals surface area contributed by atoms with E-state index in [2.05, 4.69) is 15.3 Å². The van der Waals surface area contributed by atoms with E-state index in [9.17, 15) is 5.11 Å². The van der Waals surface area contributed by atoms with Crippen molar-refractivity contribution in [3.63, 3.8) is 0 Å². The second-order valence-electron chi connectivity index (χ2n) is 6.03. The molecule has 0 spiro atoms. The average molecular weight is 356 g/mol. The van der Waals surface area contributed by atoms with E-state index in [4.69, 9.17) is 4.74 Å². The number of ether oxygens (including phenoxy) is 1. The summed E-state index contributed by atoms with van der Waals surface area (Å²) >= 11 is 0. The standard InChI is InChI=1S/C20H28N4O2/c1-4-22-20(23-15-18(25)17-9-11-21-12-10-17)24(3)13-14-26-19-8-6-5-7-16(19)2/h5-12,18,25H,4,13-15H2,1-3H3,(H,22,23). The van der Waals surface area contributed by atoms with Crippen molar-refractivity contribution in [3.05, 3.63) is 59.9 Å². The summed E-state index contributed by atoms with van der Waals surface area (Å²) in [6, 6.07) is 11.6. The quantitative estimate of drug-likeness (QED) is 0.561. The Morgan fingerprint density at radius 1 is 1.27 bits per heavy atom. The Kier molecular flexibility index (Phi) is 7.89. The van der Waals surface area contributed by atoms with Gasteiger partial charge < -0.3 is 20.1 Å². The van der Waals surface area contributed by atoms with Gasteiger partial charge in [0.25, 0.3) is 0 Å². The van der Waals surface area contributed by atoms with Crippen LogP contribution in [0, 0.1) is 6.92 Å². The van der Waals surface area contributed by atoms with Crippen LogP contribution in [-0.4, -0.2) is 54.2 Å². The number of nitrogens with one attached hydrogen (secondary N) is 1. The molecule has 0 radical (unpaired) electrons. The fraction of sp³-hybridized carbons (Fsp3) is 0.400. The van der Waals surface area contributed by atoms with Crippen LogP contribution in [0.4, 0.5) is 0 Å². The molecule has 0 saturated heterocycles. The number of rotatable bonds is 8. The molecule has 2 rings (SSSR count). The highest BCUT2D eigenvalue weighted by Gasteiger charge is 2.10. The molecule has 1 heterocycles. The van der Waals surface area contributed by atoms with Gasteiger partial charge in [0, 0.05) is 26.0 Å². The molecule has 6 heteroatoms. The van der Waals surface area contributed by atoms with Crippen LogP contribution in [0.3, 0.4) is 0 Å². The second kappa shape index (κ2) is 10.4. The third-order valence-corrected chi connectivity index (χ3v) is 3.98. The van der Waals surface area contributed by atoms with E-state index in [1.54, 1.807) is 24.5 Å². The lowest BCUT2D eigenvalue weighted by Gasteiger charge is -2.23. The molecule has 0 aliphatic carbocycles. The van der Waals surface area contributed by atoms with Crippen molar-refractivity contribution >= 4 is 5.96 Å². The van der Waals surface area contributed by atoms with Gasteiger partial charge in [0.1, 0.15) is 12.4 Å². The molecule has 1 aromatic heterocycles. The van der Waals surface area contributed by atoms with Gasteiger partial charge in [-0.05, 0) is 43.2 Å². The Hall–Kier alpha value is -2.60. The zero-order valence-corrected chi connectivity index (χ0v) is 15.7. The molecular weight excluding hydrogens is 328 g/mol. The lowest BCUT2D eigenvalue weighted by molar-refractivity contribution is 0.186. The maximum absolute atomic E-state index is 10.3. The van der Waals surface area contributed by atoms with E-state index in [0.717, 1.165) is 29.4 Å². The molecule has 26 heavy (non-hydrogen) atoms. The molecule has 0 saturated carbocycles. The molecule has 0 aliphatic rings. The lowest BCUT2D eigenvalue weighted by Crippen LogP contribution is -2.41. The molecule has 140 valence electrons. The molecule has 2 aromatic rings. The molecule has 0 aliphatic heterocycles. The summed E-state index contributed by atoms with van der Waals surface area (Å²) < 4.78 is 5.85. The number of benzene rings is 1. The molecule has 6 nitrogen and oxygen atoms in total. The first kappa shape index (κ1) is 19.7. The summed E-state index contributed by atoms with van der Waals surface area (Å²) in [5.74, 6) is 1.64. The normalized spacial score (nSPS) is 12.5. The number of aliphatic hydroxyl groups excluding tert-OH is 1. The number of aliphatic hydroxyl groups is 1. The van der Waals surface area contributed by atoms with Crippen molar-refractivity contribution in [2.45, 2.75) is 20.0 Å². The van der Waals surface area contributed by atoms with Gasteiger partial charge in [-0.1, -0.05) is 18.2 Å². The molecule has 0 fully saturated rings. The van der Waals surface area contributed by atoms with Crippen LogP contribution in [0.1, 0.15) is 24.2 Å². The highest BCUT2D eigenvalue weighted by atomic mass is 16.5. The molecule has 1 unspecified atom stereocenters. The zero-order chi connectivity index (χ0) is 18.8. The predicted octanol–water partition coefficient (Wildman–Crippen LogP) is 2.40. The average Bonchev–Trinajstić information content (AvgIpc) is 2.67. The van der Waals surface area contributed by atoms with Crippen molar-refractivity contribution in [2.24, 2.45) is 4.99 Å². The minimum absolute atomic E-state index is 0.287. The Balaban J connectivity index is 1.89. The summed E-state index contributed by atoms with van der Waals surface area (Å²) in [7, 11) is 1.96. The molecule has 2 N–H and O–H groups in total. The second-order valence-corrected chi connectivity index (χ2v) is 6.03. The van der Waals surface area contributed by atoms with Gasteiger partial charge in [0.15, 0.2) is 5.96 Å². The number of hydrogen-bond donors (Lipinski definition) is 2. The first-order valence-corrected chi connectivity index (χ1v) is 8.87. The number of hydrogen-bond acceptors (Lipinski definition) is 4. The van der Waals surface area contributed by atoms with E-state index in [0.29, 0.717) is 13.2 Å². The van der Waals surface area contributed by atoms with Crippen LogP contribution in [0.2, 0.25) is 0 Å².